The van der Waals surface area contributed by atoms with E-state index in [1.54, 1.807) is 23.1 Å². The minimum atomic E-state index is -4.41. The van der Waals surface area contributed by atoms with E-state index in [2.05, 4.69) is 20.1 Å². The monoisotopic (exact) mass is 486 g/mol. The molecule has 4 aromatic rings. The Morgan fingerprint density at radius 3 is 2.65 bits per heavy atom. The molecule has 1 atom stereocenters. The van der Waals surface area contributed by atoms with Crippen LogP contribution >= 0.6 is 11.6 Å². The summed E-state index contributed by atoms with van der Waals surface area (Å²) in [5.41, 5.74) is 2.06. The highest BCUT2D eigenvalue weighted by molar-refractivity contribution is 6.31. The Morgan fingerprint density at radius 2 is 1.91 bits per heavy atom. The van der Waals surface area contributed by atoms with Crippen LogP contribution in [0.1, 0.15) is 52.9 Å². The van der Waals surface area contributed by atoms with E-state index in [0.717, 1.165) is 29.6 Å². The van der Waals surface area contributed by atoms with Gasteiger partial charge in [0.2, 0.25) is 0 Å². The molecule has 4 heterocycles. The summed E-state index contributed by atoms with van der Waals surface area (Å²) in [7, 11) is 0. The van der Waals surface area contributed by atoms with Crippen molar-refractivity contribution in [2.24, 2.45) is 0 Å². The highest BCUT2D eigenvalue weighted by Crippen LogP contribution is 2.40. The Kier molecular flexibility index (Phi) is 5.89. The van der Waals surface area contributed by atoms with Crippen molar-refractivity contribution in [3.05, 3.63) is 88.2 Å². The van der Waals surface area contributed by atoms with Gasteiger partial charge in [0.25, 0.3) is 0 Å². The topological polar surface area (TPSA) is 61.4 Å². The van der Waals surface area contributed by atoms with Gasteiger partial charge in [-0.1, -0.05) is 29.8 Å². The van der Waals surface area contributed by atoms with Crippen LogP contribution in [-0.4, -0.2) is 29.3 Å². The molecule has 0 saturated heterocycles. The molecule has 1 aliphatic rings. The molecule has 6 nitrogen and oxygen atoms in total. The Hall–Kier alpha value is -3.20. The zero-order valence-corrected chi connectivity index (χ0v) is 19.2. The van der Waals surface area contributed by atoms with Gasteiger partial charge >= 0.3 is 6.18 Å². The Balaban J connectivity index is 1.35. The van der Waals surface area contributed by atoms with Crippen molar-refractivity contribution in [2.75, 3.05) is 0 Å². The normalized spacial score (nSPS) is 16.0. The number of benzene rings is 1. The molecule has 176 valence electrons. The highest BCUT2D eigenvalue weighted by atomic mass is 35.5. The van der Waals surface area contributed by atoms with Crippen LogP contribution in [0.3, 0.4) is 0 Å². The van der Waals surface area contributed by atoms with E-state index in [-0.39, 0.29) is 5.56 Å². The summed E-state index contributed by atoms with van der Waals surface area (Å²) in [6.45, 7) is 2.55. The first kappa shape index (κ1) is 22.6. The van der Waals surface area contributed by atoms with Gasteiger partial charge in [-0.2, -0.15) is 18.3 Å². The zero-order valence-electron chi connectivity index (χ0n) is 18.4. The van der Waals surface area contributed by atoms with Crippen LogP contribution in [0.4, 0.5) is 13.2 Å². The van der Waals surface area contributed by atoms with Crippen LogP contribution in [-0.2, 0) is 25.6 Å². The number of alkyl halides is 3. The molecule has 5 rings (SSSR count). The number of aromatic nitrogens is 6. The molecule has 10 heteroatoms. The summed E-state index contributed by atoms with van der Waals surface area (Å²) in [5, 5.41) is 4.95. The molecule has 34 heavy (non-hydrogen) atoms. The van der Waals surface area contributed by atoms with Gasteiger partial charge in [-0.3, -0.25) is 0 Å². The summed E-state index contributed by atoms with van der Waals surface area (Å²) in [6, 6.07) is 9.53. The Morgan fingerprint density at radius 1 is 1.09 bits per heavy atom. The van der Waals surface area contributed by atoms with Crippen molar-refractivity contribution in [2.45, 2.75) is 51.2 Å². The number of nitrogens with zero attached hydrogens (tertiary/aromatic N) is 6. The van der Waals surface area contributed by atoms with Crippen molar-refractivity contribution in [1.82, 2.24) is 29.3 Å². The first-order valence-corrected chi connectivity index (χ1v) is 11.4. The van der Waals surface area contributed by atoms with Gasteiger partial charge < -0.3 is 4.57 Å². The largest absolute Gasteiger partial charge is 0.416 e. The van der Waals surface area contributed by atoms with Crippen molar-refractivity contribution in [3.8, 4) is 5.69 Å². The molecular weight excluding hydrogens is 465 g/mol. The fraction of sp³-hybridized carbons (Fsp3) is 0.333. The van der Waals surface area contributed by atoms with Crippen molar-refractivity contribution in [3.63, 3.8) is 0 Å². The summed E-state index contributed by atoms with van der Waals surface area (Å²) >= 11 is 6.39. The minimum Gasteiger partial charge on any atom is -0.303 e. The second-order valence-electron chi connectivity index (χ2n) is 8.42. The molecule has 0 aliphatic carbocycles. The van der Waals surface area contributed by atoms with Gasteiger partial charge in [-0.05, 0) is 49.9 Å². The molecule has 0 saturated carbocycles. The number of pyridine rings is 1. The molecule has 0 spiro atoms. The van der Waals surface area contributed by atoms with Crippen molar-refractivity contribution >= 4 is 11.6 Å². The molecule has 1 aliphatic heterocycles. The van der Waals surface area contributed by atoms with E-state index >= 15 is 0 Å². The predicted molar refractivity (Wildman–Crippen MR) is 121 cm³/mol. The quantitative estimate of drug-likeness (QED) is 0.347. The van der Waals surface area contributed by atoms with Gasteiger partial charge in [0, 0.05) is 30.8 Å². The molecule has 0 radical (unpaired) electrons. The maximum atomic E-state index is 13.6. The number of halogens is 4. The van der Waals surface area contributed by atoms with E-state index in [4.69, 9.17) is 11.6 Å². The lowest BCUT2D eigenvalue weighted by atomic mass is 9.88. The molecule has 3 aromatic heterocycles. The Bertz CT molecular complexity index is 1330. The maximum Gasteiger partial charge on any atom is 0.416 e. The molecule has 0 fully saturated rings. The molecular formula is C24H22ClF3N6. The van der Waals surface area contributed by atoms with Crippen LogP contribution < -0.4 is 0 Å². The number of fused-ring (bicyclic) bond motifs is 1. The summed E-state index contributed by atoms with van der Waals surface area (Å²) in [5.74, 6) is 0.756. The van der Waals surface area contributed by atoms with Crippen LogP contribution in [0.5, 0.6) is 0 Å². The summed E-state index contributed by atoms with van der Waals surface area (Å²) in [6.07, 6.45) is 1.59. The third-order valence-corrected chi connectivity index (χ3v) is 6.32. The fourth-order valence-electron chi connectivity index (χ4n) is 4.45. The molecule has 0 unspecified atom stereocenters. The van der Waals surface area contributed by atoms with Crippen LogP contribution in [0.15, 0.2) is 48.9 Å². The molecule has 0 amide bonds. The first-order chi connectivity index (χ1) is 16.3. The number of rotatable bonds is 5. The van der Waals surface area contributed by atoms with E-state index in [1.807, 2.05) is 29.8 Å². The van der Waals surface area contributed by atoms with Crippen LogP contribution in [0, 0.1) is 6.92 Å². The third kappa shape index (κ3) is 4.44. The average molecular weight is 487 g/mol. The van der Waals surface area contributed by atoms with Crippen molar-refractivity contribution in [1.29, 1.82) is 0 Å². The molecule has 0 bridgehead atoms. The van der Waals surface area contributed by atoms with Gasteiger partial charge in [-0.25, -0.2) is 19.6 Å². The van der Waals surface area contributed by atoms with Gasteiger partial charge in [0.15, 0.2) is 11.0 Å². The van der Waals surface area contributed by atoms with E-state index in [1.165, 1.54) is 6.07 Å². The second-order valence-corrected chi connectivity index (χ2v) is 8.78. The summed E-state index contributed by atoms with van der Waals surface area (Å²) in [4.78, 5) is 13.3. The van der Waals surface area contributed by atoms with Crippen LogP contribution in [0.2, 0.25) is 5.15 Å². The fourth-order valence-corrected chi connectivity index (χ4v) is 4.72. The number of imidazole rings is 1. The lowest BCUT2D eigenvalue weighted by molar-refractivity contribution is -0.138. The van der Waals surface area contributed by atoms with Gasteiger partial charge in [0.1, 0.15) is 5.82 Å². The first-order valence-electron chi connectivity index (χ1n) is 11.1. The summed E-state index contributed by atoms with van der Waals surface area (Å²) < 4.78 is 44.4. The Labute approximate surface area is 199 Å². The smallest absolute Gasteiger partial charge is 0.303 e. The van der Waals surface area contributed by atoms with Gasteiger partial charge in [0.05, 0.1) is 23.3 Å². The molecule has 1 aromatic carbocycles. The third-order valence-electron chi connectivity index (χ3n) is 6.04. The minimum absolute atomic E-state index is 0.258. The van der Waals surface area contributed by atoms with E-state index < -0.39 is 17.7 Å². The standard InChI is InChI=1S/C24H22ClF3N6/c1-15-13-33(14-29-15)20-10-8-16(30-22(20)25)9-11-21-31-23-18(6-4-12-34(23)32-21)17-5-2-3-7-19(17)24(26,27)28/h2-3,5,7-8,10,13-14,18H,4,6,9,11-12H2,1H3/t18-/m1/s1. The van der Waals surface area contributed by atoms with E-state index in [0.29, 0.717) is 42.6 Å². The van der Waals surface area contributed by atoms with E-state index in [9.17, 15) is 13.2 Å². The molecule has 0 N–H and O–H groups in total. The van der Waals surface area contributed by atoms with Crippen molar-refractivity contribution < 1.29 is 13.2 Å². The lowest BCUT2D eigenvalue weighted by Gasteiger charge is -2.25. The highest BCUT2D eigenvalue weighted by Gasteiger charge is 2.37. The lowest BCUT2D eigenvalue weighted by Crippen LogP contribution is -2.21. The number of aryl methyl sites for hydroxylation is 4. The number of hydrogen-bond donors (Lipinski definition) is 0. The predicted octanol–water partition coefficient (Wildman–Crippen LogP) is 5.55. The van der Waals surface area contributed by atoms with Crippen LogP contribution in [0.25, 0.3) is 5.69 Å². The van der Waals surface area contributed by atoms with Gasteiger partial charge in [-0.15, -0.1) is 0 Å². The zero-order chi connectivity index (χ0) is 23.9. The number of hydrogen-bond acceptors (Lipinski definition) is 4. The maximum absolute atomic E-state index is 13.6. The second kappa shape index (κ2) is 8.87. The SMILES string of the molecule is Cc1cn(-c2ccc(CCc3nc4n(n3)CCC[C@@H]4c3ccccc3C(F)(F)F)nc2Cl)cn1. The average Bonchev–Trinajstić information content (AvgIpc) is 3.43.